The SMILES string of the molecule is CCCCNC(=O)C(CC)N(Cc1ccc(Cl)cc1Cl)C(=O)CN(c1ccccc1Cl)S(=O)(=O)c1ccc(C)cc1. The number of carbonyl (C=O) groups excluding carboxylic acids is 2. The highest BCUT2D eigenvalue weighted by molar-refractivity contribution is 7.92. The topological polar surface area (TPSA) is 86.8 Å². The second-order valence-corrected chi connectivity index (χ2v) is 12.7. The lowest BCUT2D eigenvalue weighted by molar-refractivity contribution is -0.140. The molecule has 1 N–H and O–H groups in total. The molecule has 41 heavy (non-hydrogen) atoms. The van der Waals surface area contributed by atoms with Crippen LogP contribution >= 0.6 is 34.8 Å². The molecule has 11 heteroatoms. The zero-order valence-corrected chi connectivity index (χ0v) is 26.3. The van der Waals surface area contributed by atoms with Gasteiger partial charge < -0.3 is 10.2 Å². The van der Waals surface area contributed by atoms with Crippen LogP contribution in [0.15, 0.2) is 71.6 Å². The molecule has 2 amide bonds. The number of nitrogens with one attached hydrogen (secondary N) is 1. The molecule has 0 saturated carbocycles. The molecular formula is C30H34Cl3N3O4S. The highest BCUT2D eigenvalue weighted by Crippen LogP contribution is 2.31. The number of hydrogen-bond acceptors (Lipinski definition) is 4. The van der Waals surface area contributed by atoms with Gasteiger partial charge in [-0.25, -0.2) is 8.42 Å². The number of unbranched alkanes of at least 4 members (excludes halogenated alkanes) is 1. The lowest BCUT2D eigenvalue weighted by Crippen LogP contribution is -2.52. The number of nitrogens with zero attached hydrogens (tertiary/aromatic N) is 2. The van der Waals surface area contributed by atoms with Crippen molar-refractivity contribution in [1.29, 1.82) is 0 Å². The lowest BCUT2D eigenvalue weighted by Gasteiger charge is -2.33. The Morgan fingerprint density at radius 1 is 0.927 bits per heavy atom. The first-order valence-corrected chi connectivity index (χ1v) is 15.9. The molecule has 3 aromatic carbocycles. The van der Waals surface area contributed by atoms with E-state index in [9.17, 15) is 18.0 Å². The third kappa shape index (κ3) is 8.38. The van der Waals surface area contributed by atoms with Crippen molar-refractivity contribution in [3.05, 3.63) is 92.9 Å². The number of anilines is 1. The molecule has 3 aromatic rings. The van der Waals surface area contributed by atoms with Crippen molar-refractivity contribution in [3.63, 3.8) is 0 Å². The van der Waals surface area contributed by atoms with Crippen LogP contribution in [-0.4, -0.2) is 44.3 Å². The smallest absolute Gasteiger partial charge is 0.264 e. The van der Waals surface area contributed by atoms with Crippen molar-refractivity contribution in [3.8, 4) is 0 Å². The van der Waals surface area contributed by atoms with Crippen molar-refractivity contribution in [2.45, 2.75) is 57.5 Å². The number of aryl methyl sites for hydroxylation is 1. The molecule has 0 aromatic heterocycles. The van der Waals surface area contributed by atoms with Crippen LogP contribution in [0.2, 0.25) is 15.1 Å². The molecule has 0 aliphatic heterocycles. The van der Waals surface area contributed by atoms with E-state index in [0.29, 0.717) is 28.6 Å². The Morgan fingerprint density at radius 3 is 2.22 bits per heavy atom. The summed E-state index contributed by atoms with van der Waals surface area (Å²) >= 11 is 19.0. The van der Waals surface area contributed by atoms with Gasteiger partial charge in [0.15, 0.2) is 0 Å². The molecule has 0 spiro atoms. The Hall–Kier alpha value is -2.78. The largest absolute Gasteiger partial charge is 0.354 e. The molecule has 220 valence electrons. The summed E-state index contributed by atoms with van der Waals surface area (Å²) in [4.78, 5) is 28.8. The normalized spacial score (nSPS) is 12.0. The fourth-order valence-corrected chi connectivity index (χ4v) is 6.45. The number of para-hydroxylation sites is 1. The first-order chi connectivity index (χ1) is 19.5. The van der Waals surface area contributed by atoms with Crippen molar-refractivity contribution in [2.24, 2.45) is 0 Å². The first-order valence-electron chi connectivity index (χ1n) is 13.3. The third-order valence-electron chi connectivity index (χ3n) is 6.58. The highest BCUT2D eigenvalue weighted by Gasteiger charge is 2.34. The summed E-state index contributed by atoms with van der Waals surface area (Å²) in [6.07, 6.45) is 1.98. The summed E-state index contributed by atoms with van der Waals surface area (Å²) in [5.41, 5.74) is 1.60. The van der Waals surface area contributed by atoms with Crippen molar-refractivity contribution >= 4 is 62.3 Å². The van der Waals surface area contributed by atoms with E-state index in [2.05, 4.69) is 5.32 Å². The molecule has 1 atom stereocenters. The minimum atomic E-state index is -4.22. The van der Waals surface area contributed by atoms with Gasteiger partial charge >= 0.3 is 0 Å². The Morgan fingerprint density at radius 2 is 1.61 bits per heavy atom. The van der Waals surface area contributed by atoms with Crippen molar-refractivity contribution in [1.82, 2.24) is 10.2 Å². The molecule has 1 unspecified atom stereocenters. The average molecular weight is 639 g/mol. The number of benzene rings is 3. The molecule has 0 heterocycles. The summed E-state index contributed by atoms with van der Waals surface area (Å²) in [7, 11) is -4.22. The van der Waals surface area contributed by atoms with E-state index in [1.807, 2.05) is 13.8 Å². The Balaban J connectivity index is 2.07. The van der Waals surface area contributed by atoms with Crippen LogP contribution in [0, 0.1) is 6.92 Å². The van der Waals surface area contributed by atoms with Gasteiger partial charge in [0.1, 0.15) is 12.6 Å². The van der Waals surface area contributed by atoms with Crippen LogP contribution in [0.3, 0.4) is 0 Å². The van der Waals surface area contributed by atoms with Gasteiger partial charge in [-0.3, -0.25) is 13.9 Å². The fourth-order valence-electron chi connectivity index (χ4n) is 4.26. The summed E-state index contributed by atoms with van der Waals surface area (Å²) in [6, 6.07) is 16.8. The zero-order chi connectivity index (χ0) is 30.2. The van der Waals surface area contributed by atoms with Gasteiger partial charge in [-0.1, -0.05) is 91.0 Å². The minimum Gasteiger partial charge on any atom is -0.354 e. The maximum absolute atomic E-state index is 14.1. The van der Waals surface area contributed by atoms with E-state index in [0.717, 1.165) is 22.7 Å². The van der Waals surface area contributed by atoms with Gasteiger partial charge in [-0.05, 0) is 61.7 Å². The number of amides is 2. The highest BCUT2D eigenvalue weighted by atomic mass is 35.5. The molecule has 0 radical (unpaired) electrons. The Kier molecular flexibility index (Phi) is 11.9. The van der Waals surface area contributed by atoms with Crippen LogP contribution in [0.5, 0.6) is 0 Å². The Labute approximate surface area is 257 Å². The van der Waals surface area contributed by atoms with Gasteiger partial charge in [0.2, 0.25) is 11.8 Å². The quantitative estimate of drug-likeness (QED) is 0.207. The summed E-state index contributed by atoms with van der Waals surface area (Å²) < 4.78 is 28.9. The summed E-state index contributed by atoms with van der Waals surface area (Å²) in [5.74, 6) is -0.922. The van der Waals surface area contributed by atoms with Crippen LogP contribution in [0.1, 0.15) is 44.2 Å². The van der Waals surface area contributed by atoms with Gasteiger partial charge in [0, 0.05) is 23.1 Å². The fraction of sp³-hybridized carbons (Fsp3) is 0.333. The van der Waals surface area contributed by atoms with E-state index >= 15 is 0 Å². The van der Waals surface area contributed by atoms with Gasteiger partial charge in [0.25, 0.3) is 10.0 Å². The van der Waals surface area contributed by atoms with E-state index in [1.54, 1.807) is 55.5 Å². The lowest BCUT2D eigenvalue weighted by atomic mass is 10.1. The van der Waals surface area contributed by atoms with Gasteiger partial charge in [-0.15, -0.1) is 0 Å². The maximum atomic E-state index is 14.1. The van der Waals surface area contributed by atoms with E-state index in [-0.39, 0.29) is 28.1 Å². The molecule has 0 aliphatic carbocycles. The third-order valence-corrected chi connectivity index (χ3v) is 9.26. The van der Waals surface area contributed by atoms with Crippen LogP contribution < -0.4 is 9.62 Å². The number of sulfonamides is 1. The average Bonchev–Trinajstić information content (AvgIpc) is 2.93. The number of rotatable bonds is 13. The van der Waals surface area contributed by atoms with Gasteiger partial charge in [0.05, 0.1) is 15.6 Å². The minimum absolute atomic E-state index is 0.00691. The second kappa shape index (κ2) is 14.9. The predicted molar refractivity (Wildman–Crippen MR) is 166 cm³/mol. The summed E-state index contributed by atoms with van der Waals surface area (Å²) in [6.45, 7) is 5.49. The molecule has 3 rings (SSSR count). The second-order valence-electron chi connectivity index (χ2n) is 9.60. The predicted octanol–water partition coefficient (Wildman–Crippen LogP) is 6.87. The van der Waals surface area contributed by atoms with Crippen molar-refractivity contribution in [2.75, 3.05) is 17.4 Å². The maximum Gasteiger partial charge on any atom is 0.264 e. The van der Waals surface area contributed by atoms with E-state index in [1.165, 1.54) is 23.1 Å². The van der Waals surface area contributed by atoms with Crippen LogP contribution in [0.25, 0.3) is 0 Å². The molecule has 0 aliphatic rings. The summed E-state index contributed by atoms with van der Waals surface area (Å²) in [5, 5.41) is 3.81. The first kappa shape index (κ1) is 32.7. The van der Waals surface area contributed by atoms with Crippen molar-refractivity contribution < 1.29 is 18.0 Å². The zero-order valence-electron chi connectivity index (χ0n) is 23.2. The van der Waals surface area contributed by atoms with E-state index < -0.39 is 28.5 Å². The standard InChI is InChI=1S/C30H34Cl3N3O4S/c1-4-6-17-34-30(38)27(5-2)35(19-22-13-14-23(31)18-26(22)33)29(37)20-36(28-10-8-7-9-25(28)32)41(39,40)24-15-11-21(3)12-16-24/h7-16,18,27H,4-6,17,19-20H2,1-3H3,(H,34,38). The number of halogens is 3. The molecular weight excluding hydrogens is 605 g/mol. The van der Waals surface area contributed by atoms with E-state index in [4.69, 9.17) is 34.8 Å². The molecule has 7 nitrogen and oxygen atoms in total. The Bertz CT molecular complexity index is 1470. The van der Waals surface area contributed by atoms with Gasteiger partial charge in [-0.2, -0.15) is 0 Å². The molecule has 0 saturated heterocycles. The number of hydrogen-bond donors (Lipinski definition) is 1. The molecule has 0 bridgehead atoms. The number of carbonyl (C=O) groups is 2. The van der Waals surface area contributed by atoms with Crippen LogP contribution in [-0.2, 0) is 26.2 Å². The molecule has 0 fully saturated rings. The monoisotopic (exact) mass is 637 g/mol. The van der Waals surface area contributed by atoms with Crippen LogP contribution in [0.4, 0.5) is 5.69 Å².